The van der Waals surface area contributed by atoms with Gasteiger partial charge in [-0.25, -0.2) is 0 Å². The van der Waals surface area contributed by atoms with E-state index in [9.17, 15) is 52.7 Å². The number of hydrogen-bond donors (Lipinski definition) is 0. The van der Waals surface area contributed by atoms with Gasteiger partial charge in [-0.2, -0.15) is 52.7 Å². The molecule has 0 aromatic rings. The number of hydrogen-bond acceptors (Lipinski definition) is 2. The van der Waals surface area contributed by atoms with Gasteiger partial charge in [-0.05, 0) is 25.4 Å². The van der Waals surface area contributed by atoms with Gasteiger partial charge in [-0.3, -0.25) is 0 Å². The summed E-state index contributed by atoms with van der Waals surface area (Å²) in [5, 5.41) is -6.45. The molecule has 0 N–H and O–H groups in total. The summed E-state index contributed by atoms with van der Waals surface area (Å²) in [6.07, 6.45) is -3.98. The van der Waals surface area contributed by atoms with Crippen LogP contribution in [-0.4, -0.2) is 58.4 Å². The quantitative estimate of drug-likeness (QED) is 0.110. The molecule has 29 heavy (non-hydrogen) atoms. The second kappa shape index (κ2) is 9.30. The van der Waals surface area contributed by atoms with Crippen molar-refractivity contribution in [2.24, 2.45) is 0 Å². The molecule has 1 unspecified atom stereocenters. The molecule has 0 aliphatic carbocycles. The topological polar surface area (TPSA) is 18.5 Å². The van der Waals surface area contributed by atoms with Crippen molar-refractivity contribution in [3.63, 3.8) is 0 Å². The molecule has 0 radical (unpaired) electrons. The monoisotopic (exact) mass is 592 g/mol. The predicted octanol–water partition coefficient (Wildman–Crippen LogP) is 6.59. The Morgan fingerprint density at radius 3 is 1.34 bits per heavy atom. The maximum atomic E-state index is 13.9. The van der Waals surface area contributed by atoms with E-state index < -0.39 is 51.6 Å². The van der Waals surface area contributed by atoms with Crippen LogP contribution in [-0.2, 0) is 9.47 Å². The zero-order chi connectivity index (χ0) is 23.7. The lowest BCUT2D eigenvalue weighted by molar-refractivity contribution is -0.417. The van der Waals surface area contributed by atoms with Crippen LogP contribution in [0.1, 0.15) is 20.3 Å². The molecule has 0 spiro atoms. The van der Waals surface area contributed by atoms with Crippen LogP contribution < -0.4 is 0 Å². The SMILES string of the molecule is CCOC(OCC)C(I)CC(F)(F)C(F)(F)C(F)(F)C(F)(F)C(F)(F)C(F)(F)Cl. The summed E-state index contributed by atoms with van der Waals surface area (Å²) >= 11 is 4.62. The molecular weight excluding hydrogens is 578 g/mol. The molecule has 16 heteroatoms. The van der Waals surface area contributed by atoms with Crippen LogP contribution in [0.4, 0.5) is 52.7 Å². The molecule has 0 heterocycles. The molecule has 0 bridgehead atoms. The van der Waals surface area contributed by atoms with Crippen molar-refractivity contribution in [1.29, 1.82) is 0 Å². The summed E-state index contributed by atoms with van der Waals surface area (Å²) in [6, 6.07) is 0. The number of rotatable bonds is 12. The standard InChI is InChI=1S/C13H14ClF12IO2/c1-3-28-7(29-4-2)6(27)5-8(15,16)9(17,18)10(19,20)11(21,22)12(23,24)13(14,25)26/h6-7H,3-5H2,1-2H3. The third-order valence-corrected chi connectivity index (χ3v) is 4.67. The molecule has 0 amide bonds. The van der Waals surface area contributed by atoms with Crippen molar-refractivity contribution in [3.05, 3.63) is 0 Å². The largest absolute Gasteiger partial charge is 0.393 e. The van der Waals surface area contributed by atoms with Crippen LogP contribution in [0.15, 0.2) is 0 Å². The molecule has 0 aliphatic rings. The third-order valence-electron chi connectivity index (χ3n) is 3.41. The second-order valence-electron chi connectivity index (χ2n) is 5.50. The van der Waals surface area contributed by atoms with Gasteiger partial charge in [0.2, 0.25) is 0 Å². The molecular formula is C13H14ClF12IO2. The Labute approximate surface area is 175 Å². The molecule has 0 saturated carbocycles. The average molecular weight is 593 g/mol. The van der Waals surface area contributed by atoms with E-state index >= 15 is 0 Å². The van der Waals surface area contributed by atoms with Gasteiger partial charge in [0.05, 0.1) is 3.92 Å². The summed E-state index contributed by atoms with van der Waals surface area (Å²) in [6.45, 7) is 2.23. The minimum absolute atomic E-state index is 0.211. The molecule has 0 saturated heterocycles. The van der Waals surface area contributed by atoms with Gasteiger partial charge in [0.15, 0.2) is 6.29 Å². The van der Waals surface area contributed by atoms with Gasteiger partial charge in [0, 0.05) is 19.6 Å². The number of halogens is 14. The number of alkyl halides is 14. The minimum atomic E-state index is -7.65. The van der Waals surface area contributed by atoms with Crippen molar-refractivity contribution in [3.8, 4) is 0 Å². The molecule has 2 nitrogen and oxygen atoms in total. The normalized spacial score (nSPS) is 16.4. The summed E-state index contributed by atoms with van der Waals surface area (Å²) in [5.74, 6) is -35.8. The van der Waals surface area contributed by atoms with Gasteiger partial charge in [-0.1, -0.05) is 22.6 Å². The Hall–Kier alpha value is 0.1000. The zero-order valence-corrected chi connectivity index (χ0v) is 17.3. The third kappa shape index (κ3) is 5.30. The fourth-order valence-electron chi connectivity index (χ4n) is 1.86. The average Bonchev–Trinajstić information content (AvgIpc) is 2.52. The molecule has 176 valence electrons. The van der Waals surface area contributed by atoms with Crippen LogP contribution in [0.25, 0.3) is 0 Å². The molecule has 0 aromatic carbocycles. The fourth-order valence-corrected chi connectivity index (χ4v) is 2.94. The van der Waals surface area contributed by atoms with Crippen LogP contribution in [0, 0.1) is 0 Å². The first-order valence-corrected chi connectivity index (χ1v) is 9.11. The Morgan fingerprint density at radius 2 is 1.03 bits per heavy atom. The van der Waals surface area contributed by atoms with E-state index in [-0.39, 0.29) is 13.2 Å². The smallest absolute Gasteiger partial charge is 0.352 e. The van der Waals surface area contributed by atoms with Gasteiger partial charge >= 0.3 is 35.0 Å². The highest BCUT2D eigenvalue weighted by Crippen LogP contribution is 2.61. The summed E-state index contributed by atoms with van der Waals surface area (Å²) in [5.41, 5.74) is 0. The van der Waals surface area contributed by atoms with E-state index in [1.807, 2.05) is 0 Å². The maximum Gasteiger partial charge on any atom is 0.393 e. The fraction of sp³-hybridized carbons (Fsp3) is 1.00. The van der Waals surface area contributed by atoms with Crippen LogP contribution in [0.5, 0.6) is 0 Å². The van der Waals surface area contributed by atoms with E-state index in [4.69, 9.17) is 9.47 Å². The highest BCUT2D eigenvalue weighted by molar-refractivity contribution is 14.1. The highest BCUT2D eigenvalue weighted by atomic mass is 127. The van der Waals surface area contributed by atoms with Crippen molar-refractivity contribution < 1.29 is 62.2 Å². The molecule has 0 aromatic heterocycles. The van der Waals surface area contributed by atoms with Gasteiger partial charge in [0.25, 0.3) is 0 Å². The van der Waals surface area contributed by atoms with Crippen LogP contribution >= 0.6 is 34.2 Å². The Bertz CT molecular complexity index is 534. The van der Waals surface area contributed by atoms with E-state index in [2.05, 4.69) is 11.6 Å². The summed E-state index contributed by atoms with van der Waals surface area (Å²) in [4.78, 5) is 0. The molecule has 0 rings (SSSR count). The first-order chi connectivity index (χ1) is 12.7. The van der Waals surface area contributed by atoms with Crippen molar-refractivity contribution in [1.82, 2.24) is 0 Å². The Kier molecular flexibility index (Phi) is 9.33. The van der Waals surface area contributed by atoms with Crippen molar-refractivity contribution in [2.45, 2.75) is 65.5 Å². The van der Waals surface area contributed by atoms with Gasteiger partial charge in [0.1, 0.15) is 0 Å². The highest BCUT2D eigenvalue weighted by Gasteiger charge is 2.90. The van der Waals surface area contributed by atoms with E-state index in [0.717, 1.165) is 22.6 Å². The maximum absolute atomic E-state index is 13.9. The van der Waals surface area contributed by atoms with Crippen molar-refractivity contribution in [2.75, 3.05) is 13.2 Å². The molecule has 1 atom stereocenters. The molecule has 0 aliphatic heterocycles. The molecule has 0 fully saturated rings. The summed E-state index contributed by atoms with van der Waals surface area (Å²) in [7, 11) is 0. The van der Waals surface area contributed by atoms with E-state index in [1.54, 1.807) is 0 Å². The minimum Gasteiger partial charge on any atom is -0.352 e. The lowest BCUT2D eigenvalue weighted by atomic mass is 9.92. The van der Waals surface area contributed by atoms with Gasteiger partial charge < -0.3 is 9.47 Å². The Morgan fingerprint density at radius 1 is 0.690 bits per heavy atom. The first-order valence-electron chi connectivity index (χ1n) is 7.48. The van der Waals surface area contributed by atoms with E-state index in [0.29, 0.717) is 0 Å². The lowest BCUT2D eigenvalue weighted by Crippen LogP contribution is -2.70. The second-order valence-corrected chi connectivity index (χ2v) is 7.57. The van der Waals surface area contributed by atoms with Crippen LogP contribution in [0.3, 0.4) is 0 Å². The summed E-state index contributed by atoms with van der Waals surface area (Å²) < 4.78 is 167. The van der Waals surface area contributed by atoms with E-state index in [1.165, 1.54) is 13.8 Å². The lowest BCUT2D eigenvalue weighted by Gasteiger charge is -2.40. The number of ether oxygens (including phenoxy) is 2. The Balaban J connectivity index is 6.04. The first kappa shape index (κ1) is 29.1. The van der Waals surface area contributed by atoms with Crippen LogP contribution in [0.2, 0.25) is 0 Å². The van der Waals surface area contributed by atoms with Gasteiger partial charge in [-0.15, -0.1) is 0 Å². The van der Waals surface area contributed by atoms with Crippen molar-refractivity contribution >= 4 is 34.2 Å². The zero-order valence-electron chi connectivity index (χ0n) is 14.4. The predicted molar refractivity (Wildman–Crippen MR) is 85.0 cm³/mol.